The van der Waals surface area contributed by atoms with Gasteiger partial charge in [0.1, 0.15) is 11.6 Å². The molecule has 1 fully saturated rings. The van der Waals surface area contributed by atoms with Crippen LogP contribution in [0.5, 0.6) is 5.75 Å². The van der Waals surface area contributed by atoms with Gasteiger partial charge in [-0.25, -0.2) is 4.39 Å². The van der Waals surface area contributed by atoms with Crippen molar-refractivity contribution in [1.82, 2.24) is 9.80 Å². The first-order valence-electron chi connectivity index (χ1n) is 9.99. The lowest BCUT2D eigenvalue weighted by molar-refractivity contribution is -0.132. The monoisotopic (exact) mass is 384 g/mol. The highest BCUT2D eigenvalue weighted by Crippen LogP contribution is 2.19. The topological polar surface area (TPSA) is 32.8 Å². The van der Waals surface area contributed by atoms with Crippen LogP contribution in [-0.2, 0) is 11.2 Å². The first-order valence-corrected chi connectivity index (χ1v) is 9.99. The highest BCUT2D eigenvalue weighted by Gasteiger charge is 2.22. The Bertz CT molecular complexity index is 728. The fourth-order valence-electron chi connectivity index (χ4n) is 3.59. The second-order valence-corrected chi connectivity index (χ2v) is 7.54. The Morgan fingerprint density at radius 2 is 1.79 bits per heavy atom. The van der Waals surface area contributed by atoms with E-state index < -0.39 is 0 Å². The predicted molar refractivity (Wildman–Crippen MR) is 109 cm³/mol. The summed E-state index contributed by atoms with van der Waals surface area (Å²) < 4.78 is 18.5. The molecule has 1 heterocycles. The number of benzene rings is 2. The molecular formula is C23H29FN2O2. The third kappa shape index (κ3) is 6.34. The van der Waals surface area contributed by atoms with E-state index in [1.54, 1.807) is 4.90 Å². The molecule has 28 heavy (non-hydrogen) atoms. The van der Waals surface area contributed by atoms with Crippen molar-refractivity contribution in [3.63, 3.8) is 0 Å². The van der Waals surface area contributed by atoms with Gasteiger partial charge in [-0.15, -0.1) is 0 Å². The number of amides is 1. The van der Waals surface area contributed by atoms with Crippen LogP contribution in [0.2, 0.25) is 0 Å². The van der Waals surface area contributed by atoms with Crippen molar-refractivity contribution in [3.05, 3.63) is 66.0 Å². The van der Waals surface area contributed by atoms with Crippen molar-refractivity contribution in [2.45, 2.75) is 19.3 Å². The third-order valence-electron chi connectivity index (χ3n) is 5.40. The van der Waals surface area contributed by atoms with Crippen LogP contribution >= 0.6 is 0 Å². The largest absolute Gasteiger partial charge is 0.484 e. The molecule has 0 radical (unpaired) electrons. The number of para-hydroxylation sites is 1. The minimum absolute atomic E-state index is 0.0163. The molecule has 2 aromatic rings. The molecule has 150 valence electrons. The molecule has 0 saturated carbocycles. The van der Waals surface area contributed by atoms with Crippen LogP contribution in [0.4, 0.5) is 4.39 Å². The second kappa shape index (κ2) is 10.2. The van der Waals surface area contributed by atoms with Crippen LogP contribution in [0.25, 0.3) is 0 Å². The number of likely N-dealkylation sites (N-methyl/N-ethyl adjacent to an activating group) is 1. The number of likely N-dealkylation sites (tertiary alicyclic amines) is 1. The van der Waals surface area contributed by atoms with Crippen LogP contribution in [-0.4, -0.2) is 55.5 Å². The van der Waals surface area contributed by atoms with E-state index in [0.717, 1.165) is 51.2 Å². The number of hydrogen-bond donors (Lipinski definition) is 0. The fourth-order valence-corrected chi connectivity index (χ4v) is 3.59. The fraction of sp³-hybridized carbons (Fsp3) is 0.435. The Hall–Kier alpha value is -2.40. The molecule has 0 atom stereocenters. The van der Waals surface area contributed by atoms with Gasteiger partial charge in [-0.05, 0) is 68.1 Å². The first kappa shape index (κ1) is 20.3. The number of halogens is 1. The standard InChI is InChI=1S/C23H29FN2O2/c1-25(23(27)18-28-22-5-3-2-4-6-22)17-20-12-15-26(16-13-20)14-11-19-7-9-21(24)10-8-19/h2-10,20H,11-18H2,1H3. The number of rotatable bonds is 8. The van der Waals surface area contributed by atoms with E-state index >= 15 is 0 Å². The van der Waals surface area contributed by atoms with Gasteiger partial charge in [0, 0.05) is 20.1 Å². The van der Waals surface area contributed by atoms with E-state index in [4.69, 9.17) is 4.74 Å². The number of ether oxygens (including phenoxy) is 1. The summed E-state index contributed by atoms with van der Waals surface area (Å²) in [6, 6.07) is 16.2. The zero-order valence-corrected chi connectivity index (χ0v) is 16.5. The number of nitrogens with zero attached hydrogens (tertiary/aromatic N) is 2. The van der Waals surface area contributed by atoms with Crippen molar-refractivity contribution in [1.29, 1.82) is 0 Å². The molecule has 0 aliphatic carbocycles. The normalized spacial score (nSPS) is 15.4. The summed E-state index contributed by atoms with van der Waals surface area (Å²) in [5, 5.41) is 0. The molecule has 4 nitrogen and oxygen atoms in total. The molecular weight excluding hydrogens is 355 g/mol. The Kier molecular flexibility index (Phi) is 7.43. The highest BCUT2D eigenvalue weighted by molar-refractivity contribution is 5.77. The van der Waals surface area contributed by atoms with E-state index in [0.29, 0.717) is 5.92 Å². The van der Waals surface area contributed by atoms with Gasteiger partial charge in [0.25, 0.3) is 5.91 Å². The zero-order chi connectivity index (χ0) is 19.8. The maximum absolute atomic E-state index is 13.0. The molecule has 2 aromatic carbocycles. The summed E-state index contributed by atoms with van der Waals surface area (Å²) in [5.74, 6) is 1.09. The van der Waals surface area contributed by atoms with Crippen LogP contribution in [0, 0.1) is 11.7 Å². The van der Waals surface area contributed by atoms with Gasteiger partial charge in [0.05, 0.1) is 0 Å². The molecule has 0 spiro atoms. The molecule has 3 rings (SSSR count). The molecule has 0 N–H and O–H groups in total. The number of carbonyl (C=O) groups is 1. The van der Waals surface area contributed by atoms with Gasteiger partial charge in [0.2, 0.25) is 0 Å². The van der Waals surface area contributed by atoms with Gasteiger partial charge in [-0.3, -0.25) is 4.79 Å². The summed E-state index contributed by atoms with van der Waals surface area (Å²) in [6.07, 6.45) is 3.14. The Labute approximate surface area is 166 Å². The van der Waals surface area contributed by atoms with Gasteiger partial charge in [0.15, 0.2) is 6.61 Å². The lowest BCUT2D eigenvalue weighted by Gasteiger charge is -2.34. The van der Waals surface area contributed by atoms with Gasteiger partial charge < -0.3 is 14.5 Å². The predicted octanol–water partition coefficient (Wildman–Crippen LogP) is 3.62. The van der Waals surface area contributed by atoms with Crippen molar-refractivity contribution >= 4 is 5.91 Å². The Morgan fingerprint density at radius 1 is 1.11 bits per heavy atom. The summed E-state index contributed by atoms with van der Waals surface area (Å²) in [7, 11) is 1.86. The quantitative estimate of drug-likeness (QED) is 0.697. The highest BCUT2D eigenvalue weighted by atomic mass is 19.1. The van der Waals surface area contributed by atoms with E-state index in [1.165, 1.54) is 17.7 Å². The molecule has 1 aliphatic heterocycles. The lowest BCUT2D eigenvalue weighted by atomic mass is 9.96. The maximum atomic E-state index is 13.0. The molecule has 0 unspecified atom stereocenters. The molecule has 1 amide bonds. The van der Waals surface area contributed by atoms with Crippen molar-refractivity contribution in [2.75, 3.05) is 39.8 Å². The van der Waals surface area contributed by atoms with E-state index in [9.17, 15) is 9.18 Å². The van der Waals surface area contributed by atoms with Crippen LogP contribution in [0.3, 0.4) is 0 Å². The zero-order valence-electron chi connectivity index (χ0n) is 16.5. The SMILES string of the molecule is CN(CC1CCN(CCc2ccc(F)cc2)CC1)C(=O)COc1ccccc1. The second-order valence-electron chi connectivity index (χ2n) is 7.54. The summed E-state index contributed by atoms with van der Waals surface area (Å²) in [5.41, 5.74) is 1.17. The molecule has 1 aliphatic rings. The van der Waals surface area contributed by atoms with Crippen molar-refractivity contribution in [3.8, 4) is 5.75 Å². The first-order chi connectivity index (χ1) is 13.6. The maximum Gasteiger partial charge on any atom is 0.260 e. The molecule has 1 saturated heterocycles. The van der Waals surface area contributed by atoms with Gasteiger partial charge in [-0.2, -0.15) is 0 Å². The molecule has 5 heteroatoms. The summed E-state index contributed by atoms with van der Waals surface area (Å²) in [6.45, 7) is 3.96. The summed E-state index contributed by atoms with van der Waals surface area (Å²) in [4.78, 5) is 16.6. The van der Waals surface area contributed by atoms with Crippen LogP contribution < -0.4 is 4.74 Å². The molecule has 0 aromatic heterocycles. The number of carbonyl (C=O) groups excluding carboxylic acids is 1. The van der Waals surface area contributed by atoms with Gasteiger partial charge in [-0.1, -0.05) is 30.3 Å². The average molecular weight is 384 g/mol. The van der Waals surface area contributed by atoms with E-state index in [2.05, 4.69) is 4.90 Å². The minimum Gasteiger partial charge on any atom is -0.484 e. The van der Waals surface area contributed by atoms with E-state index in [-0.39, 0.29) is 18.3 Å². The Balaban J connectivity index is 1.34. The van der Waals surface area contributed by atoms with Crippen LogP contribution in [0.15, 0.2) is 54.6 Å². The number of piperidine rings is 1. The minimum atomic E-state index is -0.183. The third-order valence-corrected chi connectivity index (χ3v) is 5.40. The van der Waals surface area contributed by atoms with Crippen molar-refractivity contribution < 1.29 is 13.9 Å². The van der Waals surface area contributed by atoms with Gasteiger partial charge >= 0.3 is 0 Å². The average Bonchev–Trinajstić information content (AvgIpc) is 2.73. The summed E-state index contributed by atoms with van der Waals surface area (Å²) >= 11 is 0. The smallest absolute Gasteiger partial charge is 0.260 e. The molecule has 0 bridgehead atoms. The lowest BCUT2D eigenvalue weighted by Crippen LogP contribution is -2.41. The van der Waals surface area contributed by atoms with E-state index in [1.807, 2.05) is 49.5 Å². The Morgan fingerprint density at radius 3 is 2.46 bits per heavy atom. The van der Waals surface area contributed by atoms with Crippen molar-refractivity contribution in [2.24, 2.45) is 5.92 Å². The van der Waals surface area contributed by atoms with Crippen LogP contribution in [0.1, 0.15) is 18.4 Å². The number of hydrogen-bond acceptors (Lipinski definition) is 3.